The van der Waals surface area contributed by atoms with Gasteiger partial charge in [0.05, 0.1) is 13.6 Å². The summed E-state index contributed by atoms with van der Waals surface area (Å²) in [6.45, 7) is 2.53. The monoisotopic (exact) mass is 431 g/mol. The van der Waals surface area contributed by atoms with Gasteiger partial charge in [-0.25, -0.2) is 8.78 Å². The largest absolute Gasteiger partial charge is 0.471 e. The number of unbranched alkanes of at least 4 members (excludes halogenated alkanes) is 9. The van der Waals surface area contributed by atoms with Crippen LogP contribution < -0.4 is 8.75 Å². The first-order valence-electron chi connectivity index (χ1n) is 9.78. The van der Waals surface area contributed by atoms with Crippen LogP contribution in [0.3, 0.4) is 0 Å². The molecular formula is C18H31F4N2O3S+. The lowest BCUT2D eigenvalue weighted by Crippen LogP contribution is -2.42. The van der Waals surface area contributed by atoms with Crippen molar-refractivity contribution in [1.29, 1.82) is 0 Å². The maximum atomic E-state index is 13.2. The van der Waals surface area contributed by atoms with Crippen molar-refractivity contribution in [3.05, 3.63) is 12.4 Å². The molecule has 0 radical (unpaired) electrons. The lowest BCUT2D eigenvalue weighted by atomic mass is 10.1. The Labute approximate surface area is 164 Å². The summed E-state index contributed by atoms with van der Waals surface area (Å²) >= 11 is 0. The van der Waals surface area contributed by atoms with Gasteiger partial charge in [0.15, 0.2) is 0 Å². The highest BCUT2D eigenvalue weighted by atomic mass is 32.2. The van der Waals surface area contributed by atoms with Gasteiger partial charge >= 0.3 is 27.8 Å². The van der Waals surface area contributed by atoms with Gasteiger partial charge in [-0.05, 0) is 12.8 Å². The molecule has 1 aromatic rings. The van der Waals surface area contributed by atoms with E-state index >= 15 is 0 Å². The molecule has 0 spiro atoms. The van der Waals surface area contributed by atoms with E-state index in [0.29, 0.717) is 13.0 Å². The van der Waals surface area contributed by atoms with Crippen molar-refractivity contribution in [2.24, 2.45) is 7.05 Å². The molecule has 0 aliphatic carbocycles. The van der Waals surface area contributed by atoms with E-state index in [1.54, 1.807) is 0 Å². The first-order valence-corrected chi connectivity index (χ1v) is 11.2. The number of aryl methyl sites for hydroxylation is 2. The number of imidazole rings is 1. The fourth-order valence-corrected chi connectivity index (χ4v) is 3.56. The molecular weight excluding hydrogens is 400 g/mol. The molecule has 5 nitrogen and oxygen atoms in total. The SMILES string of the molecule is CCCCCCCCCCCCn1cc[n+](C)c1OS(=O)(=O)C(F)(F)C(F)F. The van der Waals surface area contributed by atoms with Crippen LogP contribution in [-0.4, -0.2) is 24.7 Å². The Morgan fingerprint density at radius 2 is 1.54 bits per heavy atom. The third kappa shape index (κ3) is 7.25. The minimum atomic E-state index is -5.80. The minimum absolute atomic E-state index is 0.350. The molecule has 0 aliphatic heterocycles. The zero-order chi connectivity index (χ0) is 21.2. The molecule has 0 bridgehead atoms. The van der Waals surface area contributed by atoms with E-state index < -0.39 is 27.8 Å². The normalized spacial score (nSPS) is 12.7. The number of rotatable bonds is 15. The van der Waals surface area contributed by atoms with Crippen molar-refractivity contribution in [3.63, 3.8) is 0 Å². The number of aromatic nitrogens is 2. The predicted octanol–water partition coefficient (Wildman–Crippen LogP) is 4.80. The van der Waals surface area contributed by atoms with Gasteiger partial charge in [0.1, 0.15) is 12.4 Å². The minimum Gasteiger partial charge on any atom is -0.304 e. The molecule has 0 aromatic carbocycles. The van der Waals surface area contributed by atoms with Crippen LogP contribution in [0.5, 0.6) is 6.01 Å². The highest BCUT2D eigenvalue weighted by molar-refractivity contribution is 7.88. The van der Waals surface area contributed by atoms with Crippen LogP contribution in [0, 0.1) is 0 Å². The number of hydrogen-bond donors (Lipinski definition) is 0. The molecule has 0 saturated carbocycles. The van der Waals surface area contributed by atoms with Crippen LogP contribution in [0.15, 0.2) is 12.4 Å². The lowest BCUT2D eigenvalue weighted by Gasteiger charge is -2.14. The quantitative estimate of drug-likeness (QED) is 0.173. The summed E-state index contributed by atoms with van der Waals surface area (Å²) in [4.78, 5) is 0. The molecule has 0 unspecified atom stereocenters. The van der Waals surface area contributed by atoms with Gasteiger partial charge in [0, 0.05) is 0 Å². The average Bonchev–Trinajstić information content (AvgIpc) is 2.96. The molecule has 0 saturated heterocycles. The van der Waals surface area contributed by atoms with Crippen LogP contribution in [0.25, 0.3) is 0 Å². The van der Waals surface area contributed by atoms with Gasteiger partial charge in [-0.3, -0.25) is 0 Å². The average molecular weight is 432 g/mol. The second-order valence-corrected chi connectivity index (χ2v) is 8.59. The molecule has 10 heteroatoms. The molecule has 0 N–H and O–H groups in total. The first kappa shape index (κ1) is 24.7. The summed E-state index contributed by atoms with van der Waals surface area (Å²) in [6.07, 6.45) is 9.70. The lowest BCUT2D eigenvalue weighted by molar-refractivity contribution is -0.674. The summed E-state index contributed by atoms with van der Waals surface area (Å²) in [5.74, 6) is 0. The molecule has 0 amide bonds. The van der Waals surface area contributed by atoms with Crippen LogP contribution in [0.2, 0.25) is 0 Å². The van der Waals surface area contributed by atoms with E-state index in [0.717, 1.165) is 23.8 Å². The highest BCUT2D eigenvalue weighted by Gasteiger charge is 2.57. The summed E-state index contributed by atoms with van der Waals surface area (Å²) in [6, 6.07) is -0.420. The fourth-order valence-electron chi connectivity index (χ4n) is 2.82. The predicted molar refractivity (Wildman–Crippen MR) is 98.0 cm³/mol. The van der Waals surface area contributed by atoms with Gasteiger partial charge in [-0.2, -0.15) is 26.3 Å². The van der Waals surface area contributed by atoms with Crippen molar-refractivity contribution in [1.82, 2.24) is 4.57 Å². The van der Waals surface area contributed by atoms with Crippen LogP contribution in [0.1, 0.15) is 71.1 Å². The molecule has 1 aromatic heterocycles. The summed E-state index contributed by atoms with van der Waals surface area (Å²) in [7, 11) is -4.42. The van der Waals surface area contributed by atoms with Gasteiger partial charge in [0.25, 0.3) is 0 Å². The summed E-state index contributed by atoms with van der Waals surface area (Å²) < 4.78 is 81.0. The smallest absolute Gasteiger partial charge is 0.304 e. The van der Waals surface area contributed by atoms with Gasteiger partial charge in [-0.1, -0.05) is 58.3 Å². The molecule has 164 valence electrons. The van der Waals surface area contributed by atoms with E-state index in [1.165, 1.54) is 62.5 Å². The third-order valence-electron chi connectivity index (χ3n) is 4.54. The van der Waals surface area contributed by atoms with E-state index in [9.17, 15) is 26.0 Å². The van der Waals surface area contributed by atoms with Crippen LogP contribution in [0.4, 0.5) is 17.6 Å². The van der Waals surface area contributed by atoms with Crippen molar-refractivity contribution in [2.75, 3.05) is 0 Å². The van der Waals surface area contributed by atoms with Crippen molar-refractivity contribution in [3.8, 4) is 6.01 Å². The standard InChI is InChI=1S/C18H31F4N2O3S/c1-3-4-5-6-7-8-9-10-11-12-13-24-15-14-23(2)17(24)27-28(25,26)18(21,22)16(19)20/h14-16H,3-13H2,1-2H3/q+1. The summed E-state index contributed by atoms with van der Waals surface area (Å²) in [5, 5.41) is -5.27. The zero-order valence-corrected chi connectivity index (χ0v) is 17.4. The number of hydrogen-bond acceptors (Lipinski definition) is 3. The second-order valence-electron chi connectivity index (χ2n) is 6.97. The number of nitrogens with zero attached hydrogens (tertiary/aromatic N) is 2. The second kappa shape index (κ2) is 11.6. The number of halogens is 4. The molecule has 0 fully saturated rings. The van der Waals surface area contributed by atoms with E-state index in [-0.39, 0.29) is 0 Å². The Kier molecular flexibility index (Phi) is 10.3. The molecule has 0 atom stereocenters. The van der Waals surface area contributed by atoms with Crippen LogP contribution in [-0.2, 0) is 23.7 Å². The molecule has 28 heavy (non-hydrogen) atoms. The highest BCUT2D eigenvalue weighted by Crippen LogP contribution is 2.31. The van der Waals surface area contributed by atoms with E-state index in [1.807, 2.05) is 0 Å². The van der Waals surface area contributed by atoms with E-state index in [2.05, 4.69) is 11.1 Å². The maximum Gasteiger partial charge on any atom is 0.471 e. The fraction of sp³-hybridized carbons (Fsp3) is 0.833. The Morgan fingerprint density at radius 1 is 1.04 bits per heavy atom. The van der Waals surface area contributed by atoms with Gasteiger partial charge in [-0.15, -0.1) is 0 Å². The Hall–Kier alpha value is -1.32. The topological polar surface area (TPSA) is 52.2 Å². The Morgan fingerprint density at radius 3 is 2.04 bits per heavy atom. The van der Waals surface area contributed by atoms with Crippen LogP contribution >= 0.6 is 0 Å². The molecule has 0 aliphatic rings. The van der Waals surface area contributed by atoms with Crippen molar-refractivity contribution >= 4 is 10.1 Å². The third-order valence-corrected chi connectivity index (χ3v) is 5.76. The van der Waals surface area contributed by atoms with E-state index in [4.69, 9.17) is 0 Å². The Bertz CT molecular complexity index is 678. The van der Waals surface area contributed by atoms with Crippen molar-refractivity contribution in [2.45, 2.75) is 89.4 Å². The Balaban J connectivity index is 2.45. The van der Waals surface area contributed by atoms with Gasteiger partial charge in [0.2, 0.25) is 0 Å². The zero-order valence-electron chi connectivity index (χ0n) is 16.5. The van der Waals surface area contributed by atoms with Crippen molar-refractivity contribution < 1.29 is 34.7 Å². The van der Waals surface area contributed by atoms with Gasteiger partial charge < -0.3 is 4.18 Å². The maximum absolute atomic E-state index is 13.2. The number of alkyl halides is 4. The molecule has 1 rings (SSSR count). The summed E-state index contributed by atoms with van der Waals surface area (Å²) in [5.41, 5.74) is 0. The molecule has 1 heterocycles. The first-order chi connectivity index (χ1) is 13.1.